The maximum Gasteiger partial charge on any atom is 0.332 e. The largest absolute Gasteiger partial charge is 0.332 e. The summed E-state index contributed by atoms with van der Waals surface area (Å²) in [5, 5.41) is 11.9. The Balaban J connectivity index is 2.30. The molecule has 1 aliphatic heterocycles. The van der Waals surface area contributed by atoms with Crippen molar-refractivity contribution in [2.45, 2.75) is 78.6 Å². The van der Waals surface area contributed by atoms with E-state index < -0.39 is 11.1 Å². The fraction of sp³-hybridized carbons (Fsp3) is 0.632. The van der Waals surface area contributed by atoms with E-state index in [1.165, 1.54) is 9.63 Å². The lowest BCUT2D eigenvalue weighted by Gasteiger charge is -2.35. The number of rotatable bonds is 5. The summed E-state index contributed by atoms with van der Waals surface area (Å²) < 4.78 is 2.84. The van der Waals surface area contributed by atoms with Gasteiger partial charge in [-0.05, 0) is 40.5 Å². The average Bonchev–Trinajstić information content (AvgIpc) is 3.10. The molecule has 0 atom stereocenters. The van der Waals surface area contributed by atoms with Gasteiger partial charge >= 0.3 is 5.69 Å². The van der Waals surface area contributed by atoms with E-state index in [2.05, 4.69) is 9.97 Å². The molecule has 2 aromatic rings. The highest BCUT2D eigenvalue weighted by Crippen LogP contribution is 2.42. The average molecular weight is 375 g/mol. The van der Waals surface area contributed by atoms with E-state index in [0.29, 0.717) is 36.5 Å². The summed E-state index contributed by atoms with van der Waals surface area (Å²) in [7, 11) is 0. The first-order chi connectivity index (χ1) is 12.6. The zero-order valence-electron chi connectivity index (χ0n) is 17.0. The molecule has 0 radical (unpaired) electrons. The Bertz CT molecular complexity index is 1020. The Morgan fingerprint density at radius 2 is 1.67 bits per heavy atom. The van der Waals surface area contributed by atoms with Gasteiger partial charge in [-0.15, -0.1) is 0 Å². The number of aromatic amines is 1. The summed E-state index contributed by atoms with van der Waals surface area (Å²) in [6.45, 7) is 12.4. The molecule has 0 aromatic carbocycles. The number of imidazole rings is 1. The van der Waals surface area contributed by atoms with Crippen LogP contribution in [0.2, 0.25) is 0 Å². The highest BCUT2D eigenvalue weighted by atomic mass is 16.5. The van der Waals surface area contributed by atoms with Gasteiger partial charge in [0.1, 0.15) is 11.3 Å². The first-order valence-electron chi connectivity index (χ1n) is 9.52. The standard InChI is InChI=1S/C19H29N5O3/c1-7-9-22-15-13(16(25)23(10-8-2)17(22)26)20-14(21-15)12-11-18(3,4)24(27)19(12,5)6/h11,27H,7-10H2,1-6H3,(H,20,21). The molecule has 27 heavy (non-hydrogen) atoms. The van der Waals surface area contributed by atoms with E-state index in [1.54, 1.807) is 4.57 Å². The zero-order valence-corrected chi connectivity index (χ0v) is 17.0. The highest BCUT2D eigenvalue weighted by Gasteiger charge is 2.46. The Morgan fingerprint density at radius 3 is 2.19 bits per heavy atom. The molecule has 148 valence electrons. The second-order valence-electron chi connectivity index (χ2n) is 8.26. The number of nitrogens with zero attached hydrogens (tertiary/aromatic N) is 4. The molecule has 2 N–H and O–H groups in total. The van der Waals surface area contributed by atoms with Crippen molar-refractivity contribution in [2.75, 3.05) is 0 Å². The lowest BCUT2D eigenvalue weighted by Crippen LogP contribution is -2.47. The minimum absolute atomic E-state index is 0.321. The lowest BCUT2D eigenvalue weighted by atomic mass is 9.96. The van der Waals surface area contributed by atoms with Crippen molar-refractivity contribution in [3.8, 4) is 0 Å². The number of fused-ring (bicyclic) bond motifs is 1. The van der Waals surface area contributed by atoms with Crippen LogP contribution < -0.4 is 11.2 Å². The van der Waals surface area contributed by atoms with Crippen LogP contribution >= 0.6 is 0 Å². The summed E-state index contributed by atoms with van der Waals surface area (Å²) in [4.78, 5) is 33.4. The third-order valence-corrected chi connectivity index (χ3v) is 5.24. The van der Waals surface area contributed by atoms with Crippen LogP contribution in [0.1, 0.15) is 60.2 Å². The van der Waals surface area contributed by atoms with Crippen molar-refractivity contribution in [1.82, 2.24) is 24.2 Å². The van der Waals surface area contributed by atoms with E-state index in [4.69, 9.17) is 0 Å². The molecule has 1 aliphatic rings. The molecular weight excluding hydrogens is 346 g/mol. The maximum absolute atomic E-state index is 12.9. The van der Waals surface area contributed by atoms with Gasteiger partial charge in [-0.1, -0.05) is 19.9 Å². The predicted molar refractivity (Wildman–Crippen MR) is 105 cm³/mol. The fourth-order valence-corrected chi connectivity index (χ4v) is 3.92. The summed E-state index contributed by atoms with van der Waals surface area (Å²) >= 11 is 0. The quantitative estimate of drug-likeness (QED) is 0.836. The van der Waals surface area contributed by atoms with Gasteiger partial charge in [0.25, 0.3) is 5.56 Å². The minimum Gasteiger partial charge on any atom is -0.332 e. The molecule has 8 heteroatoms. The number of aryl methyl sites for hydroxylation is 1. The second kappa shape index (κ2) is 6.45. The van der Waals surface area contributed by atoms with Crippen molar-refractivity contribution in [1.29, 1.82) is 0 Å². The smallest absolute Gasteiger partial charge is 0.332 e. The highest BCUT2D eigenvalue weighted by molar-refractivity contribution is 5.79. The Morgan fingerprint density at radius 1 is 1.07 bits per heavy atom. The molecule has 0 saturated heterocycles. The molecule has 3 heterocycles. The molecular formula is C19H29N5O3. The van der Waals surface area contributed by atoms with Crippen LogP contribution in [-0.2, 0) is 13.1 Å². The Labute approximate surface area is 158 Å². The van der Waals surface area contributed by atoms with Crippen LogP contribution in [0.15, 0.2) is 15.7 Å². The van der Waals surface area contributed by atoms with Gasteiger partial charge in [0.15, 0.2) is 5.65 Å². The normalized spacial score (nSPS) is 19.0. The van der Waals surface area contributed by atoms with Crippen molar-refractivity contribution in [3.63, 3.8) is 0 Å². The Kier molecular flexibility index (Phi) is 4.68. The summed E-state index contributed by atoms with van der Waals surface area (Å²) in [6.07, 6.45) is 3.39. The van der Waals surface area contributed by atoms with Crippen molar-refractivity contribution in [2.24, 2.45) is 0 Å². The molecule has 0 spiro atoms. The molecule has 0 unspecified atom stereocenters. The number of hydrogen-bond acceptors (Lipinski definition) is 5. The molecule has 0 amide bonds. The summed E-state index contributed by atoms with van der Waals surface area (Å²) in [5.74, 6) is 0.509. The van der Waals surface area contributed by atoms with Gasteiger partial charge in [-0.3, -0.25) is 13.9 Å². The third-order valence-electron chi connectivity index (χ3n) is 5.24. The van der Waals surface area contributed by atoms with Crippen molar-refractivity contribution >= 4 is 16.7 Å². The van der Waals surface area contributed by atoms with Crippen LogP contribution in [0.25, 0.3) is 16.7 Å². The van der Waals surface area contributed by atoms with Crippen LogP contribution in [0, 0.1) is 0 Å². The SMILES string of the molecule is CCCn1c(=O)c2[nH]c(C3=CC(C)(C)N(O)C3(C)C)nc2n(CCC)c1=O. The topological polar surface area (TPSA) is 96.2 Å². The fourth-order valence-electron chi connectivity index (χ4n) is 3.92. The van der Waals surface area contributed by atoms with Gasteiger partial charge in [-0.2, -0.15) is 5.06 Å². The van der Waals surface area contributed by atoms with Gasteiger partial charge in [0.05, 0.1) is 11.1 Å². The number of hydrogen-bond donors (Lipinski definition) is 2. The molecule has 2 aromatic heterocycles. The second-order valence-corrected chi connectivity index (χ2v) is 8.26. The van der Waals surface area contributed by atoms with E-state index in [0.717, 1.165) is 12.0 Å². The van der Waals surface area contributed by atoms with Crippen LogP contribution in [0.4, 0.5) is 0 Å². The molecule has 8 nitrogen and oxygen atoms in total. The van der Waals surface area contributed by atoms with Crippen LogP contribution in [-0.4, -0.2) is 40.5 Å². The van der Waals surface area contributed by atoms with Gasteiger partial charge in [-0.25, -0.2) is 9.78 Å². The van der Waals surface area contributed by atoms with E-state index >= 15 is 0 Å². The summed E-state index contributed by atoms with van der Waals surface area (Å²) in [6, 6.07) is 0. The molecule has 3 rings (SSSR count). The number of hydroxylamine groups is 2. The number of nitrogens with one attached hydrogen (secondary N) is 1. The lowest BCUT2D eigenvalue weighted by molar-refractivity contribution is -0.180. The number of aromatic nitrogens is 4. The monoisotopic (exact) mass is 375 g/mol. The molecule has 0 saturated carbocycles. The molecule has 0 fully saturated rings. The van der Waals surface area contributed by atoms with Gasteiger partial charge in [0.2, 0.25) is 0 Å². The van der Waals surface area contributed by atoms with Crippen LogP contribution in [0.5, 0.6) is 0 Å². The summed E-state index contributed by atoms with van der Waals surface area (Å²) in [5.41, 5.74) is -0.419. The van der Waals surface area contributed by atoms with E-state index in [9.17, 15) is 14.8 Å². The predicted octanol–water partition coefficient (Wildman–Crippen LogP) is 2.35. The van der Waals surface area contributed by atoms with Gasteiger partial charge < -0.3 is 10.2 Å². The minimum atomic E-state index is -0.685. The first-order valence-corrected chi connectivity index (χ1v) is 9.52. The van der Waals surface area contributed by atoms with Crippen LogP contribution in [0.3, 0.4) is 0 Å². The molecule has 0 bridgehead atoms. The Hall–Kier alpha value is -2.19. The molecule has 0 aliphatic carbocycles. The third kappa shape index (κ3) is 2.87. The van der Waals surface area contributed by atoms with Crippen molar-refractivity contribution in [3.05, 3.63) is 32.7 Å². The van der Waals surface area contributed by atoms with E-state index in [1.807, 2.05) is 47.6 Å². The van der Waals surface area contributed by atoms with Gasteiger partial charge in [0, 0.05) is 18.7 Å². The zero-order chi connectivity index (χ0) is 20.1. The van der Waals surface area contributed by atoms with Crippen molar-refractivity contribution < 1.29 is 5.21 Å². The number of H-pyrrole nitrogens is 1. The maximum atomic E-state index is 12.9. The van der Waals surface area contributed by atoms with E-state index in [-0.39, 0.29) is 11.2 Å². The first kappa shape index (κ1) is 19.6.